The Kier molecular flexibility index (Phi) is 3.53. The van der Waals surface area contributed by atoms with E-state index in [9.17, 15) is 9.59 Å². The molecule has 3 atom stereocenters. The first-order valence-electron chi connectivity index (χ1n) is 8.41. The van der Waals surface area contributed by atoms with E-state index < -0.39 is 11.6 Å². The van der Waals surface area contributed by atoms with Crippen LogP contribution in [0.3, 0.4) is 0 Å². The lowest BCUT2D eigenvalue weighted by atomic mass is 9.73. The third kappa shape index (κ3) is 2.47. The largest absolute Gasteiger partial charge is 0.468 e. The zero-order chi connectivity index (χ0) is 17.6. The molecule has 2 heterocycles. The van der Waals surface area contributed by atoms with Gasteiger partial charge in [0.15, 0.2) is 5.72 Å². The second kappa shape index (κ2) is 5.62. The molecule has 5 nitrogen and oxygen atoms in total. The van der Waals surface area contributed by atoms with Gasteiger partial charge in [-0.25, -0.2) is 0 Å². The van der Waals surface area contributed by atoms with E-state index in [1.54, 1.807) is 11.9 Å². The van der Waals surface area contributed by atoms with Crippen LogP contribution in [-0.2, 0) is 9.59 Å². The number of carbonyl (C=O) groups excluding carboxylic acids is 2. The van der Waals surface area contributed by atoms with Crippen LogP contribution in [0.4, 0.5) is 5.69 Å². The molecule has 2 bridgehead atoms. The first kappa shape index (κ1) is 15.7. The van der Waals surface area contributed by atoms with Crippen LogP contribution < -0.4 is 10.1 Å². The maximum atomic E-state index is 13.0. The molecule has 0 saturated carbocycles. The number of para-hydroxylation sites is 2. The van der Waals surface area contributed by atoms with Crippen LogP contribution in [0.2, 0.25) is 0 Å². The number of carbonyl (C=O) groups is 2. The van der Waals surface area contributed by atoms with Gasteiger partial charge in [0, 0.05) is 25.1 Å². The van der Waals surface area contributed by atoms with Crippen molar-refractivity contribution >= 4 is 17.5 Å². The molecule has 2 aromatic rings. The molecule has 0 spiro atoms. The molecule has 3 unspecified atom stereocenters. The summed E-state index contributed by atoms with van der Waals surface area (Å²) in [5, 5.41) is 2.88. The Balaban J connectivity index is 1.73. The SMILES string of the molecule is CN1C(=O)C(C(=O)Nc2ccccc2)C2CC1(C)Oc1ccccc12. The lowest BCUT2D eigenvalue weighted by Gasteiger charge is -2.51. The quantitative estimate of drug-likeness (QED) is 0.858. The Morgan fingerprint density at radius 3 is 2.60 bits per heavy atom. The molecule has 1 fully saturated rings. The Hall–Kier alpha value is -2.82. The van der Waals surface area contributed by atoms with Crippen LogP contribution in [0.25, 0.3) is 0 Å². The van der Waals surface area contributed by atoms with Crippen LogP contribution in [0.5, 0.6) is 5.75 Å². The molecule has 0 aromatic heterocycles. The minimum absolute atomic E-state index is 0.192. The average molecular weight is 336 g/mol. The molecule has 5 heteroatoms. The first-order chi connectivity index (χ1) is 12.0. The highest BCUT2D eigenvalue weighted by atomic mass is 16.5. The highest BCUT2D eigenvalue weighted by molar-refractivity contribution is 6.08. The third-order valence-electron chi connectivity index (χ3n) is 5.28. The second-order valence-electron chi connectivity index (χ2n) is 6.86. The molecule has 4 rings (SSSR count). The summed E-state index contributed by atoms with van der Waals surface area (Å²) < 4.78 is 6.09. The number of ether oxygens (including phenoxy) is 1. The van der Waals surface area contributed by atoms with E-state index in [2.05, 4.69) is 5.32 Å². The molecular formula is C20H20N2O3. The molecule has 0 radical (unpaired) electrons. The summed E-state index contributed by atoms with van der Waals surface area (Å²) in [6, 6.07) is 16.9. The maximum absolute atomic E-state index is 13.0. The van der Waals surface area contributed by atoms with Crippen molar-refractivity contribution in [3.05, 3.63) is 60.2 Å². The smallest absolute Gasteiger partial charge is 0.238 e. The monoisotopic (exact) mass is 336 g/mol. The fourth-order valence-electron chi connectivity index (χ4n) is 3.83. The Bertz CT molecular complexity index is 836. The van der Waals surface area contributed by atoms with Gasteiger partial charge in [0.05, 0.1) is 0 Å². The van der Waals surface area contributed by atoms with E-state index in [0.29, 0.717) is 12.1 Å². The number of nitrogens with zero attached hydrogens (tertiary/aromatic N) is 1. The van der Waals surface area contributed by atoms with Crippen molar-refractivity contribution in [2.45, 2.75) is 25.0 Å². The zero-order valence-electron chi connectivity index (χ0n) is 14.2. The summed E-state index contributed by atoms with van der Waals surface area (Å²) in [5.74, 6) is -0.683. The number of likely N-dealkylation sites (tertiary alicyclic amines) is 1. The van der Waals surface area contributed by atoms with E-state index in [4.69, 9.17) is 4.74 Å². The van der Waals surface area contributed by atoms with Crippen molar-refractivity contribution in [2.75, 3.05) is 12.4 Å². The Morgan fingerprint density at radius 2 is 1.84 bits per heavy atom. The van der Waals surface area contributed by atoms with Crippen molar-refractivity contribution in [1.82, 2.24) is 4.90 Å². The highest BCUT2D eigenvalue weighted by Gasteiger charge is 2.54. The molecule has 0 aliphatic carbocycles. The van der Waals surface area contributed by atoms with Crippen molar-refractivity contribution in [3.8, 4) is 5.75 Å². The fraction of sp³-hybridized carbons (Fsp3) is 0.300. The summed E-state index contributed by atoms with van der Waals surface area (Å²) in [6.07, 6.45) is 0.596. The number of fused-ring (bicyclic) bond motifs is 4. The summed E-state index contributed by atoms with van der Waals surface area (Å²) in [4.78, 5) is 27.5. The van der Waals surface area contributed by atoms with Crippen molar-refractivity contribution in [1.29, 1.82) is 0 Å². The van der Waals surface area contributed by atoms with Gasteiger partial charge in [-0.15, -0.1) is 0 Å². The number of benzene rings is 2. The third-order valence-corrected chi connectivity index (χ3v) is 5.28. The highest BCUT2D eigenvalue weighted by Crippen LogP contribution is 2.49. The lowest BCUT2D eigenvalue weighted by Crippen LogP contribution is -2.62. The van der Waals surface area contributed by atoms with Gasteiger partial charge in [-0.05, 0) is 30.7 Å². The number of hydrogen-bond acceptors (Lipinski definition) is 3. The molecular weight excluding hydrogens is 316 g/mol. The Morgan fingerprint density at radius 1 is 1.16 bits per heavy atom. The minimum atomic E-state index is -0.761. The first-order valence-corrected chi connectivity index (χ1v) is 8.41. The minimum Gasteiger partial charge on any atom is -0.468 e. The summed E-state index contributed by atoms with van der Waals surface area (Å²) in [6.45, 7) is 1.90. The van der Waals surface area contributed by atoms with Crippen LogP contribution >= 0.6 is 0 Å². The van der Waals surface area contributed by atoms with Gasteiger partial charge in [-0.3, -0.25) is 9.59 Å². The number of piperidine rings is 1. The number of hydrogen-bond donors (Lipinski definition) is 1. The summed E-state index contributed by atoms with van der Waals surface area (Å²) in [7, 11) is 1.70. The van der Waals surface area contributed by atoms with Gasteiger partial charge in [0.1, 0.15) is 11.7 Å². The van der Waals surface area contributed by atoms with E-state index in [1.165, 1.54) is 0 Å². The average Bonchev–Trinajstić information content (AvgIpc) is 2.61. The van der Waals surface area contributed by atoms with Gasteiger partial charge in [0.2, 0.25) is 11.8 Å². The van der Waals surface area contributed by atoms with Gasteiger partial charge in [0.25, 0.3) is 0 Å². The molecule has 2 aromatic carbocycles. The Labute approximate surface area is 146 Å². The van der Waals surface area contributed by atoms with E-state index in [1.807, 2.05) is 61.5 Å². The van der Waals surface area contributed by atoms with Crippen LogP contribution in [0, 0.1) is 5.92 Å². The van der Waals surface area contributed by atoms with E-state index in [0.717, 1.165) is 11.3 Å². The van der Waals surface area contributed by atoms with Crippen molar-refractivity contribution in [3.63, 3.8) is 0 Å². The van der Waals surface area contributed by atoms with Gasteiger partial charge in [-0.1, -0.05) is 36.4 Å². The predicted molar refractivity (Wildman–Crippen MR) is 94.2 cm³/mol. The zero-order valence-corrected chi connectivity index (χ0v) is 14.2. The van der Waals surface area contributed by atoms with Crippen molar-refractivity contribution < 1.29 is 14.3 Å². The molecule has 2 aliphatic rings. The molecule has 2 amide bonds. The number of nitrogens with one attached hydrogen (secondary N) is 1. The fourth-order valence-corrected chi connectivity index (χ4v) is 3.83. The predicted octanol–water partition coefficient (Wildman–Crippen LogP) is 3.00. The number of anilines is 1. The van der Waals surface area contributed by atoms with Crippen LogP contribution in [-0.4, -0.2) is 29.5 Å². The summed E-state index contributed by atoms with van der Waals surface area (Å²) in [5.41, 5.74) is 0.894. The van der Waals surface area contributed by atoms with E-state index >= 15 is 0 Å². The van der Waals surface area contributed by atoms with Gasteiger partial charge >= 0.3 is 0 Å². The number of amides is 2. The summed E-state index contributed by atoms with van der Waals surface area (Å²) >= 11 is 0. The molecule has 2 aliphatic heterocycles. The standard InChI is InChI=1S/C20H20N2O3/c1-20-12-15(14-10-6-7-11-16(14)25-20)17(19(24)22(20)2)18(23)21-13-8-4-3-5-9-13/h3-11,15,17H,12H2,1-2H3,(H,21,23). The normalized spacial score (nSPS) is 27.3. The number of rotatable bonds is 2. The van der Waals surface area contributed by atoms with Crippen LogP contribution in [0.15, 0.2) is 54.6 Å². The topological polar surface area (TPSA) is 58.6 Å². The van der Waals surface area contributed by atoms with Gasteiger partial charge in [-0.2, -0.15) is 0 Å². The molecule has 1 N–H and O–H groups in total. The van der Waals surface area contributed by atoms with Crippen molar-refractivity contribution in [2.24, 2.45) is 5.92 Å². The molecule has 25 heavy (non-hydrogen) atoms. The second-order valence-corrected chi connectivity index (χ2v) is 6.86. The molecule has 128 valence electrons. The van der Waals surface area contributed by atoms with Crippen LogP contribution in [0.1, 0.15) is 24.8 Å². The lowest BCUT2D eigenvalue weighted by molar-refractivity contribution is -0.170. The maximum Gasteiger partial charge on any atom is 0.238 e. The molecule has 1 saturated heterocycles. The van der Waals surface area contributed by atoms with E-state index in [-0.39, 0.29) is 17.7 Å². The van der Waals surface area contributed by atoms with Gasteiger partial charge < -0.3 is 15.0 Å².